The van der Waals surface area contributed by atoms with Gasteiger partial charge in [-0.1, -0.05) is 50.6 Å². The number of amides is 2. The zero-order valence-electron chi connectivity index (χ0n) is 23.7. The fourth-order valence-electron chi connectivity index (χ4n) is 4.24. The monoisotopic (exact) mass is 558 g/mol. The van der Waals surface area contributed by atoms with Crippen molar-refractivity contribution in [2.45, 2.75) is 78.0 Å². The Labute approximate surface area is 235 Å². The maximum Gasteiger partial charge on any atom is 0.328 e. The Kier molecular flexibility index (Phi) is 13.5. The van der Waals surface area contributed by atoms with Crippen LogP contribution in [0.25, 0.3) is 0 Å². The van der Waals surface area contributed by atoms with Gasteiger partial charge >= 0.3 is 5.97 Å². The van der Waals surface area contributed by atoms with Crippen molar-refractivity contribution >= 4 is 23.6 Å². The van der Waals surface area contributed by atoms with Crippen molar-refractivity contribution in [1.29, 1.82) is 0 Å². The summed E-state index contributed by atoms with van der Waals surface area (Å²) in [5.74, 6) is -2.21. The number of carbonyl (C=O) groups excluding carboxylic acids is 4. The Bertz CT molecular complexity index is 1110. The number of nitrogens with two attached hydrogens (primary N) is 1. The second-order valence-corrected chi connectivity index (χ2v) is 10.3. The van der Waals surface area contributed by atoms with Gasteiger partial charge in [-0.05, 0) is 44.7 Å². The average molecular weight is 559 g/mol. The molecule has 1 aromatic heterocycles. The number of esters is 1. The number of cyclic esters (lactones) is 1. The minimum Gasteiger partial charge on any atom is -0.460 e. The summed E-state index contributed by atoms with van der Waals surface area (Å²) in [4.78, 5) is 55.0. The van der Waals surface area contributed by atoms with Gasteiger partial charge in [0.2, 0.25) is 11.8 Å². The number of allylic oxidation sites excluding steroid dienone is 2. The Morgan fingerprint density at radius 1 is 1.18 bits per heavy atom. The number of rotatable bonds is 5. The number of oxazole rings is 1. The molecule has 2 bridgehead atoms. The van der Waals surface area contributed by atoms with Crippen LogP contribution in [0.5, 0.6) is 0 Å². The second-order valence-electron chi connectivity index (χ2n) is 10.3. The molecule has 0 aliphatic carbocycles. The van der Waals surface area contributed by atoms with Gasteiger partial charge in [-0.3, -0.25) is 14.4 Å². The van der Waals surface area contributed by atoms with E-state index in [0.29, 0.717) is 25.8 Å². The maximum atomic E-state index is 13.2. The fourth-order valence-corrected chi connectivity index (χ4v) is 4.24. The third kappa shape index (κ3) is 11.3. The number of hydrogen-bond donors (Lipinski definition) is 4. The van der Waals surface area contributed by atoms with Crippen LogP contribution in [0.15, 0.2) is 46.6 Å². The van der Waals surface area contributed by atoms with Crippen molar-refractivity contribution in [3.05, 3.63) is 53.8 Å². The first-order chi connectivity index (χ1) is 19.0. The van der Waals surface area contributed by atoms with Gasteiger partial charge in [0.25, 0.3) is 5.91 Å². The number of hydrogen-bond acceptors (Lipinski definition) is 9. The van der Waals surface area contributed by atoms with Crippen LogP contribution >= 0.6 is 0 Å². The quantitative estimate of drug-likeness (QED) is 0.312. The second kappa shape index (κ2) is 16.5. The molecule has 5 N–H and O–H groups in total. The Hall–Kier alpha value is -3.57. The van der Waals surface area contributed by atoms with Crippen LogP contribution in [0.2, 0.25) is 0 Å². The highest BCUT2D eigenvalue weighted by Crippen LogP contribution is 2.20. The number of Topliss-reactive ketones (excluding diaryl/α,β-unsaturated/α-hetero) is 1. The number of aromatic nitrogens is 1. The molecule has 0 spiro atoms. The van der Waals surface area contributed by atoms with Gasteiger partial charge in [-0.15, -0.1) is 0 Å². The fraction of sp³-hybridized carbons (Fsp3) is 0.552. The van der Waals surface area contributed by atoms with Crippen LogP contribution in [-0.4, -0.2) is 65.0 Å². The number of aliphatic hydroxyl groups excluding tert-OH is 1. The third-order valence-electron chi connectivity index (χ3n) is 6.32. The molecule has 0 aromatic carbocycles. The molecular formula is C29H42N4O7. The largest absolute Gasteiger partial charge is 0.460 e. The maximum absolute atomic E-state index is 13.2. The lowest BCUT2D eigenvalue weighted by atomic mass is 9.94. The average Bonchev–Trinajstić information content (AvgIpc) is 3.35. The van der Waals surface area contributed by atoms with E-state index in [1.165, 1.54) is 12.2 Å². The van der Waals surface area contributed by atoms with Crippen LogP contribution in [0, 0.1) is 11.8 Å². The molecule has 11 nitrogen and oxygen atoms in total. The van der Waals surface area contributed by atoms with Crippen molar-refractivity contribution in [1.82, 2.24) is 15.6 Å². The van der Waals surface area contributed by atoms with Crippen molar-refractivity contribution in [2.24, 2.45) is 17.6 Å². The summed E-state index contributed by atoms with van der Waals surface area (Å²) < 4.78 is 11.2. The SMILES string of the molecule is CC1=C[C@@H](O)CC(=O)Cc2nc(co2)C(=O)N[C@H](CCCCN)C(=O)OC(C(C)C)[C@H](C)/C=C/C(=O)NCC=C1. The van der Waals surface area contributed by atoms with Crippen molar-refractivity contribution in [3.8, 4) is 0 Å². The number of nitrogens with one attached hydrogen (secondary N) is 2. The summed E-state index contributed by atoms with van der Waals surface area (Å²) in [5.41, 5.74) is 6.24. The van der Waals surface area contributed by atoms with E-state index in [0.717, 1.165) is 11.8 Å². The predicted octanol–water partition coefficient (Wildman–Crippen LogP) is 2.16. The van der Waals surface area contributed by atoms with Gasteiger partial charge in [-0.2, -0.15) is 0 Å². The van der Waals surface area contributed by atoms with Gasteiger partial charge in [0.15, 0.2) is 5.69 Å². The molecule has 0 saturated heterocycles. The first-order valence-corrected chi connectivity index (χ1v) is 13.7. The molecule has 0 fully saturated rings. The lowest BCUT2D eigenvalue weighted by molar-refractivity contribution is -0.156. The van der Waals surface area contributed by atoms with Crippen LogP contribution in [-0.2, 0) is 25.5 Å². The van der Waals surface area contributed by atoms with E-state index in [9.17, 15) is 24.3 Å². The first-order valence-electron chi connectivity index (χ1n) is 13.7. The zero-order valence-corrected chi connectivity index (χ0v) is 23.7. The van der Waals surface area contributed by atoms with Crippen molar-refractivity contribution in [2.75, 3.05) is 13.1 Å². The van der Waals surface area contributed by atoms with E-state index in [4.69, 9.17) is 14.9 Å². The number of ketones is 1. The molecule has 11 heteroatoms. The normalized spacial score (nSPS) is 25.1. The molecule has 4 atom stereocenters. The lowest BCUT2D eigenvalue weighted by Crippen LogP contribution is -2.44. The van der Waals surface area contributed by atoms with Gasteiger partial charge in [-0.25, -0.2) is 9.78 Å². The summed E-state index contributed by atoms with van der Waals surface area (Å²) in [5, 5.41) is 15.7. The van der Waals surface area contributed by atoms with Crippen LogP contribution < -0.4 is 16.4 Å². The summed E-state index contributed by atoms with van der Waals surface area (Å²) >= 11 is 0. The molecule has 1 aliphatic rings. The molecule has 220 valence electrons. The minimum absolute atomic E-state index is 0.0276. The molecule has 0 saturated carbocycles. The Balaban J connectivity index is 2.33. The molecule has 40 heavy (non-hydrogen) atoms. The number of fused-ring (bicyclic) bond motifs is 2. The summed E-state index contributed by atoms with van der Waals surface area (Å²) in [6, 6.07) is -0.958. The highest BCUT2D eigenvalue weighted by molar-refractivity contribution is 5.95. The summed E-state index contributed by atoms with van der Waals surface area (Å²) in [6.07, 6.45) is 8.82. The van der Waals surface area contributed by atoms with E-state index in [-0.39, 0.29) is 54.5 Å². The standard InChI is InChI=1S/C29H42N4O7/c1-18(2)27-20(4)10-11-25(36)31-13-7-8-19(3)14-21(34)15-22(35)16-26-32-24(17-39-26)28(37)33-23(29(38)40-27)9-5-6-12-30/h7-8,10-11,14,17-18,20-21,23,27,34H,5-6,9,12-13,15-16,30H2,1-4H3,(H,31,36)(H,33,37)/b8-7?,11-10+,19-14?/t20-,21-,23-,27?/m1/s1. The van der Waals surface area contributed by atoms with E-state index < -0.39 is 30.1 Å². The zero-order chi connectivity index (χ0) is 29.7. The van der Waals surface area contributed by atoms with Gasteiger partial charge in [0, 0.05) is 18.9 Å². The van der Waals surface area contributed by atoms with Crippen LogP contribution in [0.4, 0.5) is 0 Å². The Morgan fingerprint density at radius 3 is 2.62 bits per heavy atom. The molecular weight excluding hydrogens is 516 g/mol. The van der Waals surface area contributed by atoms with Gasteiger partial charge < -0.3 is 30.6 Å². The number of unbranched alkanes of at least 4 members (excludes halogenated alkanes) is 1. The number of nitrogens with zero attached hydrogens (tertiary/aromatic N) is 1. The van der Waals surface area contributed by atoms with E-state index >= 15 is 0 Å². The Morgan fingerprint density at radius 2 is 1.93 bits per heavy atom. The highest BCUT2D eigenvalue weighted by Gasteiger charge is 2.30. The van der Waals surface area contributed by atoms with E-state index in [1.54, 1.807) is 25.2 Å². The smallest absolute Gasteiger partial charge is 0.328 e. The first kappa shape index (κ1) is 32.6. The third-order valence-corrected chi connectivity index (χ3v) is 6.32. The number of carbonyl (C=O) groups is 4. The van der Waals surface area contributed by atoms with E-state index in [2.05, 4.69) is 15.6 Å². The molecule has 1 unspecified atom stereocenters. The highest BCUT2D eigenvalue weighted by atomic mass is 16.5. The molecule has 0 radical (unpaired) electrons. The van der Waals surface area contributed by atoms with Crippen molar-refractivity contribution in [3.63, 3.8) is 0 Å². The number of ether oxygens (including phenoxy) is 1. The van der Waals surface area contributed by atoms with Crippen LogP contribution in [0.3, 0.4) is 0 Å². The minimum atomic E-state index is -1.02. The molecule has 1 aliphatic heterocycles. The molecule has 2 amide bonds. The van der Waals surface area contributed by atoms with Gasteiger partial charge in [0.05, 0.1) is 12.5 Å². The topological polar surface area (TPSA) is 174 Å². The predicted molar refractivity (Wildman–Crippen MR) is 149 cm³/mol. The summed E-state index contributed by atoms with van der Waals surface area (Å²) in [6.45, 7) is 8.14. The summed E-state index contributed by atoms with van der Waals surface area (Å²) in [7, 11) is 0. The van der Waals surface area contributed by atoms with Crippen LogP contribution in [0.1, 0.15) is 69.8 Å². The van der Waals surface area contributed by atoms with E-state index in [1.807, 2.05) is 20.8 Å². The molecule has 2 heterocycles. The number of aliphatic hydroxyl groups is 1. The lowest BCUT2D eigenvalue weighted by Gasteiger charge is -2.28. The molecule has 2 rings (SSSR count). The van der Waals surface area contributed by atoms with Crippen molar-refractivity contribution < 1.29 is 33.4 Å². The molecule has 1 aromatic rings. The van der Waals surface area contributed by atoms with Gasteiger partial charge in [0.1, 0.15) is 24.2 Å².